The van der Waals surface area contributed by atoms with Gasteiger partial charge in [0, 0.05) is 12.8 Å². The van der Waals surface area contributed by atoms with E-state index in [-0.39, 0.29) is 31.8 Å². The molecule has 152 valence electrons. The van der Waals surface area contributed by atoms with Crippen LogP contribution in [0.3, 0.4) is 0 Å². The van der Waals surface area contributed by atoms with Gasteiger partial charge in [-0.2, -0.15) is 0 Å². The summed E-state index contributed by atoms with van der Waals surface area (Å²) in [6.45, 7) is 1.28. The van der Waals surface area contributed by atoms with Crippen molar-refractivity contribution in [3.05, 3.63) is 60.2 Å². The summed E-state index contributed by atoms with van der Waals surface area (Å²) in [5.74, 6) is 0.956. The zero-order valence-corrected chi connectivity index (χ0v) is 17.3. The van der Waals surface area contributed by atoms with Crippen molar-refractivity contribution in [1.82, 2.24) is 10.6 Å². The standard InChI is InChI=1S/C20H24N2O4S.ClH/c1-27(24,25)20(10-12-21-13-11-20)19(23)22-15-16-6-5-9-18(14-16)26-17-7-3-2-4-8-17;/h2-9,14,21H,10-13,15H2,1H3,(H,22,23);1H. The largest absolute Gasteiger partial charge is 0.457 e. The van der Waals surface area contributed by atoms with Gasteiger partial charge in [-0.1, -0.05) is 30.3 Å². The number of benzene rings is 2. The molecular weight excluding hydrogens is 400 g/mol. The highest BCUT2D eigenvalue weighted by molar-refractivity contribution is 7.92. The summed E-state index contributed by atoms with van der Waals surface area (Å²) in [6, 6.07) is 16.8. The van der Waals surface area contributed by atoms with Crippen LogP contribution < -0.4 is 15.4 Å². The molecule has 0 aromatic heterocycles. The summed E-state index contributed by atoms with van der Waals surface area (Å²) in [5.41, 5.74) is 0.842. The maximum Gasteiger partial charge on any atom is 0.241 e. The molecule has 2 aromatic carbocycles. The van der Waals surface area contributed by atoms with Gasteiger partial charge < -0.3 is 15.4 Å². The molecule has 0 aliphatic carbocycles. The zero-order chi connectivity index (χ0) is 19.3. The Morgan fingerprint density at radius 2 is 1.71 bits per heavy atom. The number of nitrogens with one attached hydrogen (secondary N) is 2. The fraction of sp³-hybridized carbons (Fsp3) is 0.350. The van der Waals surface area contributed by atoms with Crippen molar-refractivity contribution in [2.75, 3.05) is 19.3 Å². The van der Waals surface area contributed by atoms with Gasteiger partial charge in [-0.05, 0) is 55.8 Å². The van der Waals surface area contributed by atoms with Crippen molar-refractivity contribution < 1.29 is 17.9 Å². The van der Waals surface area contributed by atoms with Crippen LogP contribution in [0.5, 0.6) is 11.5 Å². The maximum atomic E-state index is 12.8. The molecule has 1 saturated heterocycles. The number of hydrogen-bond acceptors (Lipinski definition) is 5. The van der Waals surface area contributed by atoms with E-state index in [0.717, 1.165) is 17.6 Å². The molecule has 1 aliphatic rings. The number of halogens is 1. The van der Waals surface area contributed by atoms with Crippen LogP contribution in [-0.4, -0.2) is 38.4 Å². The molecule has 0 spiro atoms. The lowest BCUT2D eigenvalue weighted by molar-refractivity contribution is -0.124. The molecule has 1 heterocycles. The van der Waals surface area contributed by atoms with Gasteiger partial charge >= 0.3 is 0 Å². The third kappa shape index (κ3) is 5.04. The molecule has 0 saturated carbocycles. The second kappa shape index (κ2) is 9.41. The van der Waals surface area contributed by atoms with E-state index in [4.69, 9.17) is 4.74 Å². The van der Waals surface area contributed by atoms with Gasteiger partial charge in [-0.25, -0.2) is 8.42 Å². The summed E-state index contributed by atoms with van der Waals surface area (Å²) in [4.78, 5) is 12.8. The van der Waals surface area contributed by atoms with Crippen LogP contribution in [0.15, 0.2) is 54.6 Å². The molecule has 8 heteroatoms. The van der Waals surface area contributed by atoms with Crippen molar-refractivity contribution in [3.63, 3.8) is 0 Å². The van der Waals surface area contributed by atoms with Gasteiger partial charge in [0.05, 0.1) is 0 Å². The molecule has 2 aromatic rings. The quantitative estimate of drug-likeness (QED) is 0.744. The van der Waals surface area contributed by atoms with Gasteiger partial charge in [0.15, 0.2) is 14.6 Å². The van der Waals surface area contributed by atoms with Crippen LogP contribution in [0.4, 0.5) is 0 Å². The van der Waals surface area contributed by atoms with E-state index in [1.807, 2.05) is 54.6 Å². The first kappa shape index (κ1) is 22.2. The fourth-order valence-corrected chi connectivity index (χ4v) is 4.64. The Labute approximate surface area is 172 Å². The average molecular weight is 425 g/mol. The first-order valence-electron chi connectivity index (χ1n) is 8.91. The minimum Gasteiger partial charge on any atom is -0.457 e. The van der Waals surface area contributed by atoms with Gasteiger partial charge in [-0.15, -0.1) is 12.4 Å². The number of amides is 1. The minimum atomic E-state index is -3.52. The van der Waals surface area contributed by atoms with E-state index in [9.17, 15) is 13.2 Å². The number of rotatable bonds is 6. The second-order valence-corrected chi connectivity index (χ2v) is 9.09. The molecule has 3 rings (SSSR count). The molecule has 1 aliphatic heterocycles. The van der Waals surface area contributed by atoms with Crippen molar-refractivity contribution in [2.24, 2.45) is 0 Å². The number of para-hydroxylation sites is 1. The first-order chi connectivity index (χ1) is 12.9. The molecule has 0 atom stereocenters. The van der Waals surface area contributed by atoms with E-state index in [1.165, 1.54) is 0 Å². The molecule has 0 radical (unpaired) electrons. The monoisotopic (exact) mass is 424 g/mol. The third-order valence-corrected chi connectivity index (χ3v) is 6.88. The van der Waals surface area contributed by atoms with E-state index < -0.39 is 20.5 Å². The lowest BCUT2D eigenvalue weighted by Gasteiger charge is -2.34. The predicted molar refractivity (Wildman–Crippen MR) is 112 cm³/mol. The number of ether oxygens (including phenoxy) is 1. The zero-order valence-electron chi connectivity index (χ0n) is 15.7. The summed E-state index contributed by atoms with van der Waals surface area (Å²) in [7, 11) is -3.52. The van der Waals surface area contributed by atoms with Gasteiger partial charge in [0.1, 0.15) is 11.5 Å². The Morgan fingerprint density at radius 3 is 2.36 bits per heavy atom. The van der Waals surface area contributed by atoms with Crippen LogP contribution in [0.1, 0.15) is 18.4 Å². The van der Waals surface area contributed by atoms with Crippen LogP contribution in [0, 0.1) is 0 Å². The maximum absolute atomic E-state index is 12.8. The summed E-state index contributed by atoms with van der Waals surface area (Å²) >= 11 is 0. The van der Waals surface area contributed by atoms with Crippen molar-refractivity contribution in [3.8, 4) is 11.5 Å². The summed E-state index contributed by atoms with van der Waals surface area (Å²) < 4.78 is 29.1. The number of sulfone groups is 1. The fourth-order valence-electron chi connectivity index (χ4n) is 3.28. The highest BCUT2D eigenvalue weighted by Gasteiger charge is 2.48. The third-order valence-electron chi connectivity index (χ3n) is 4.87. The predicted octanol–water partition coefficient (Wildman–Crippen LogP) is 2.68. The Balaban J connectivity index is 0.00000280. The molecule has 28 heavy (non-hydrogen) atoms. The van der Waals surface area contributed by atoms with Crippen LogP contribution in [0.2, 0.25) is 0 Å². The van der Waals surface area contributed by atoms with E-state index in [0.29, 0.717) is 18.8 Å². The van der Waals surface area contributed by atoms with Gasteiger partial charge in [-0.3, -0.25) is 4.79 Å². The lowest BCUT2D eigenvalue weighted by atomic mass is 9.95. The Hall–Kier alpha value is -2.09. The second-order valence-electron chi connectivity index (χ2n) is 6.76. The molecule has 1 amide bonds. The summed E-state index contributed by atoms with van der Waals surface area (Å²) in [5, 5.41) is 5.92. The molecular formula is C20H25ClN2O4S. The van der Waals surface area contributed by atoms with E-state index in [2.05, 4.69) is 10.6 Å². The molecule has 0 bridgehead atoms. The molecule has 1 fully saturated rings. The molecule has 2 N–H and O–H groups in total. The molecule has 0 unspecified atom stereocenters. The number of carbonyl (C=O) groups is 1. The van der Waals surface area contributed by atoms with Gasteiger partial charge in [0.25, 0.3) is 0 Å². The lowest BCUT2D eigenvalue weighted by Crippen LogP contribution is -2.57. The van der Waals surface area contributed by atoms with Crippen molar-refractivity contribution >= 4 is 28.2 Å². The smallest absolute Gasteiger partial charge is 0.241 e. The number of hydrogen-bond donors (Lipinski definition) is 2. The van der Waals surface area contributed by atoms with Crippen molar-refractivity contribution in [1.29, 1.82) is 0 Å². The SMILES string of the molecule is CS(=O)(=O)C1(C(=O)NCc2cccc(Oc3ccccc3)c2)CCNCC1.Cl. The Bertz CT molecular complexity index is 897. The van der Waals surface area contributed by atoms with E-state index in [1.54, 1.807) is 0 Å². The van der Waals surface area contributed by atoms with Crippen LogP contribution in [-0.2, 0) is 21.2 Å². The van der Waals surface area contributed by atoms with Crippen LogP contribution >= 0.6 is 12.4 Å². The molecule has 6 nitrogen and oxygen atoms in total. The highest BCUT2D eigenvalue weighted by Crippen LogP contribution is 2.28. The Morgan fingerprint density at radius 1 is 1.07 bits per heavy atom. The van der Waals surface area contributed by atoms with Crippen LogP contribution in [0.25, 0.3) is 0 Å². The number of piperidine rings is 1. The highest BCUT2D eigenvalue weighted by atomic mass is 35.5. The average Bonchev–Trinajstić information content (AvgIpc) is 2.67. The van der Waals surface area contributed by atoms with Crippen molar-refractivity contribution in [2.45, 2.75) is 24.1 Å². The first-order valence-corrected chi connectivity index (χ1v) is 10.8. The summed E-state index contributed by atoms with van der Waals surface area (Å²) in [6.07, 6.45) is 1.72. The number of carbonyl (C=O) groups excluding carboxylic acids is 1. The topological polar surface area (TPSA) is 84.5 Å². The van der Waals surface area contributed by atoms with E-state index >= 15 is 0 Å². The minimum absolute atomic E-state index is 0. The van der Waals surface area contributed by atoms with Gasteiger partial charge in [0.2, 0.25) is 5.91 Å². The normalized spacial score (nSPS) is 15.9. The Kier molecular flexibility index (Phi) is 7.46.